The van der Waals surface area contributed by atoms with Gasteiger partial charge in [0.1, 0.15) is 23.0 Å². The van der Waals surface area contributed by atoms with Crippen LogP contribution in [0, 0.1) is 13.8 Å². The Morgan fingerprint density at radius 3 is 2.68 bits per heavy atom. The molecule has 0 atom stereocenters. The van der Waals surface area contributed by atoms with Crippen molar-refractivity contribution in [2.45, 2.75) is 13.8 Å². The third kappa shape index (κ3) is 3.97. The lowest BCUT2D eigenvalue weighted by Crippen LogP contribution is -2.20. The maximum absolute atomic E-state index is 11.9. The molecule has 0 radical (unpaired) electrons. The fraction of sp³-hybridized carbons (Fsp3) is 0.235. The smallest absolute Gasteiger partial charge is 0.322 e. The molecule has 0 spiro atoms. The molecule has 0 aliphatic carbocycles. The van der Waals surface area contributed by atoms with Gasteiger partial charge in [0.2, 0.25) is 0 Å². The molecule has 1 amide bonds. The standard InChI is InChI=1S/C17H17N3O5/c1-10-7-14(11(2)24-10)16-19-20-17(25-16)18-15(21)9-23-13-6-4-5-12(8-13)22-3/h4-8H,9H2,1-3H3,(H,18,20,21). The van der Waals surface area contributed by atoms with Crippen molar-refractivity contribution in [3.8, 4) is 23.0 Å². The van der Waals surface area contributed by atoms with E-state index >= 15 is 0 Å². The lowest BCUT2D eigenvalue weighted by molar-refractivity contribution is -0.118. The summed E-state index contributed by atoms with van der Waals surface area (Å²) in [5.74, 6) is 2.43. The summed E-state index contributed by atoms with van der Waals surface area (Å²) >= 11 is 0. The Labute approximate surface area is 143 Å². The van der Waals surface area contributed by atoms with Crippen LogP contribution < -0.4 is 14.8 Å². The van der Waals surface area contributed by atoms with Gasteiger partial charge in [-0.05, 0) is 32.0 Å². The van der Waals surface area contributed by atoms with Crippen molar-refractivity contribution in [3.05, 3.63) is 41.9 Å². The summed E-state index contributed by atoms with van der Waals surface area (Å²) in [5, 5.41) is 10.2. The normalized spacial score (nSPS) is 10.5. The molecular formula is C17H17N3O5. The molecule has 3 rings (SSSR count). The Morgan fingerprint density at radius 2 is 1.96 bits per heavy atom. The lowest BCUT2D eigenvalue weighted by atomic mass is 10.2. The van der Waals surface area contributed by atoms with E-state index < -0.39 is 5.91 Å². The third-order valence-corrected chi connectivity index (χ3v) is 3.35. The summed E-state index contributed by atoms with van der Waals surface area (Å²) in [4.78, 5) is 11.9. The summed E-state index contributed by atoms with van der Waals surface area (Å²) < 4.78 is 21.3. The fourth-order valence-electron chi connectivity index (χ4n) is 2.22. The van der Waals surface area contributed by atoms with Crippen molar-refractivity contribution < 1.29 is 23.1 Å². The predicted octanol–water partition coefficient (Wildman–Crippen LogP) is 2.97. The summed E-state index contributed by atoms with van der Waals surface area (Å²) in [6, 6.07) is 8.75. The number of nitrogens with zero attached hydrogens (tertiary/aromatic N) is 2. The van der Waals surface area contributed by atoms with E-state index in [0.717, 1.165) is 5.76 Å². The second kappa shape index (κ2) is 7.08. The van der Waals surface area contributed by atoms with E-state index in [1.165, 1.54) is 0 Å². The number of anilines is 1. The molecule has 8 heteroatoms. The van der Waals surface area contributed by atoms with Gasteiger partial charge in [0.25, 0.3) is 11.8 Å². The van der Waals surface area contributed by atoms with Crippen LogP contribution in [0.5, 0.6) is 11.5 Å². The van der Waals surface area contributed by atoms with Crippen LogP contribution in [0.15, 0.2) is 39.2 Å². The predicted molar refractivity (Wildman–Crippen MR) is 88.6 cm³/mol. The molecule has 0 saturated heterocycles. The highest BCUT2D eigenvalue weighted by Gasteiger charge is 2.16. The van der Waals surface area contributed by atoms with Gasteiger partial charge in [-0.25, -0.2) is 0 Å². The molecule has 8 nitrogen and oxygen atoms in total. The van der Waals surface area contributed by atoms with E-state index in [-0.39, 0.29) is 18.5 Å². The number of carbonyl (C=O) groups excluding carboxylic acids is 1. The highest BCUT2D eigenvalue weighted by atomic mass is 16.5. The summed E-state index contributed by atoms with van der Waals surface area (Å²) in [6.07, 6.45) is 0. The molecule has 130 valence electrons. The SMILES string of the molecule is COc1cccc(OCC(=O)Nc2nnc(-c3cc(C)oc3C)o2)c1. The quantitative estimate of drug-likeness (QED) is 0.734. The number of nitrogens with one attached hydrogen (secondary N) is 1. The first-order valence-electron chi connectivity index (χ1n) is 7.53. The number of aryl methyl sites for hydroxylation is 2. The van der Waals surface area contributed by atoms with Crippen LogP contribution in [-0.4, -0.2) is 29.8 Å². The molecule has 2 aromatic heterocycles. The Hall–Kier alpha value is -3.29. The molecule has 1 aromatic carbocycles. The molecule has 0 aliphatic heterocycles. The molecular weight excluding hydrogens is 326 g/mol. The van der Waals surface area contributed by atoms with Gasteiger partial charge in [-0.2, -0.15) is 0 Å². The second-order valence-corrected chi connectivity index (χ2v) is 5.26. The lowest BCUT2D eigenvalue weighted by Gasteiger charge is -2.06. The molecule has 2 heterocycles. The van der Waals surface area contributed by atoms with E-state index in [1.54, 1.807) is 44.4 Å². The number of benzene rings is 1. The number of methoxy groups -OCH3 is 1. The molecule has 0 bridgehead atoms. The van der Waals surface area contributed by atoms with E-state index in [1.807, 2.05) is 6.92 Å². The maximum Gasteiger partial charge on any atom is 0.322 e. The number of aromatic nitrogens is 2. The van der Waals surface area contributed by atoms with Gasteiger partial charge in [0, 0.05) is 6.07 Å². The summed E-state index contributed by atoms with van der Waals surface area (Å²) in [7, 11) is 1.56. The summed E-state index contributed by atoms with van der Waals surface area (Å²) in [6.45, 7) is 3.42. The van der Waals surface area contributed by atoms with Gasteiger partial charge in [-0.15, -0.1) is 5.10 Å². The van der Waals surface area contributed by atoms with Crippen LogP contribution in [0.25, 0.3) is 11.5 Å². The number of carbonyl (C=O) groups is 1. The van der Waals surface area contributed by atoms with Gasteiger partial charge in [-0.3, -0.25) is 10.1 Å². The van der Waals surface area contributed by atoms with Gasteiger partial charge >= 0.3 is 6.01 Å². The Morgan fingerprint density at radius 1 is 1.16 bits per heavy atom. The highest BCUT2D eigenvalue weighted by Crippen LogP contribution is 2.26. The number of rotatable bonds is 6. The number of amides is 1. The largest absolute Gasteiger partial charge is 0.497 e. The van der Waals surface area contributed by atoms with Crippen molar-refractivity contribution in [1.29, 1.82) is 0 Å². The van der Waals surface area contributed by atoms with E-state index in [4.69, 9.17) is 18.3 Å². The number of ether oxygens (including phenoxy) is 2. The Kier molecular flexibility index (Phi) is 4.69. The Bertz CT molecular complexity index is 884. The van der Waals surface area contributed by atoms with Crippen LogP contribution in [0.4, 0.5) is 6.01 Å². The molecule has 0 fully saturated rings. The van der Waals surface area contributed by atoms with Crippen LogP contribution in [0.2, 0.25) is 0 Å². The van der Waals surface area contributed by atoms with Gasteiger partial charge in [0.05, 0.1) is 12.7 Å². The van der Waals surface area contributed by atoms with Crippen molar-refractivity contribution in [2.24, 2.45) is 0 Å². The average molecular weight is 343 g/mol. The first-order chi connectivity index (χ1) is 12.0. The molecule has 0 aliphatic rings. The molecule has 1 N–H and O–H groups in total. The second-order valence-electron chi connectivity index (χ2n) is 5.26. The zero-order valence-electron chi connectivity index (χ0n) is 14.0. The molecule has 0 saturated carbocycles. The van der Waals surface area contributed by atoms with E-state index in [2.05, 4.69) is 15.5 Å². The van der Waals surface area contributed by atoms with Crippen LogP contribution >= 0.6 is 0 Å². The van der Waals surface area contributed by atoms with Crippen molar-refractivity contribution in [1.82, 2.24) is 10.2 Å². The number of hydrogen-bond donors (Lipinski definition) is 1. The average Bonchev–Trinajstić information content (AvgIpc) is 3.19. The minimum Gasteiger partial charge on any atom is -0.497 e. The maximum atomic E-state index is 11.9. The minimum atomic E-state index is -0.418. The van der Waals surface area contributed by atoms with Crippen LogP contribution in [-0.2, 0) is 4.79 Å². The van der Waals surface area contributed by atoms with Gasteiger partial charge in [-0.1, -0.05) is 11.2 Å². The molecule has 3 aromatic rings. The highest BCUT2D eigenvalue weighted by molar-refractivity contribution is 5.89. The number of hydrogen-bond acceptors (Lipinski definition) is 7. The third-order valence-electron chi connectivity index (χ3n) is 3.35. The van der Waals surface area contributed by atoms with Crippen LogP contribution in [0.1, 0.15) is 11.5 Å². The Balaban J connectivity index is 1.59. The number of furan rings is 1. The zero-order chi connectivity index (χ0) is 17.8. The molecule has 25 heavy (non-hydrogen) atoms. The van der Waals surface area contributed by atoms with E-state index in [9.17, 15) is 4.79 Å². The van der Waals surface area contributed by atoms with Gasteiger partial charge < -0.3 is 18.3 Å². The van der Waals surface area contributed by atoms with Crippen molar-refractivity contribution in [3.63, 3.8) is 0 Å². The zero-order valence-corrected chi connectivity index (χ0v) is 14.0. The minimum absolute atomic E-state index is 0.00695. The monoisotopic (exact) mass is 343 g/mol. The molecule has 0 unspecified atom stereocenters. The first kappa shape index (κ1) is 16.6. The van der Waals surface area contributed by atoms with E-state index in [0.29, 0.717) is 22.8 Å². The summed E-state index contributed by atoms with van der Waals surface area (Å²) in [5.41, 5.74) is 0.693. The van der Waals surface area contributed by atoms with Crippen LogP contribution in [0.3, 0.4) is 0 Å². The van der Waals surface area contributed by atoms with Crippen molar-refractivity contribution >= 4 is 11.9 Å². The van der Waals surface area contributed by atoms with Crippen molar-refractivity contribution in [2.75, 3.05) is 19.0 Å². The topological polar surface area (TPSA) is 99.6 Å². The van der Waals surface area contributed by atoms with Gasteiger partial charge in [0.15, 0.2) is 6.61 Å². The fourth-order valence-corrected chi connectivity index (χ4v) is 2.22. The first-order valence-corrected chi connectivity index (χ1v) is 7.53.